The summed E-state index contributed by atoms with van der Waals surface area (Å²) in [5, 5.41) is 0. The molecule has 8 heteroatoms. The van der Waals surface area contributed by atoms with Crippen molar-refractivity contribution in [1.29, 1.82) is 0 Å². The van der Waals surface area contributed by atoms with Gasteiger partial charge in [-0.1, -0.05) is 6.42 Å². The third-order valence-electron chi connectivity index (χ3n) is 3.88. The highest BCUT2D eigenvalue weighted by atomic mass is 32.2. The first-order valence-corrected chi connectivity index (χ1v) is 9.08. The first-order valence-electron chi connectivity index (χ1n) is 7.64. The smallest absolute Gasteiger partial charge is 0.247 e. The fourth-order valence-electron chi connectivity index (χ4n) is 2.69. The maximum Gasteiger partial charge on any atom is 0.247 e. The second-order valence-corrected chi connectivity index (χ2v) is 7.29. The van der Waals surface area contributed by atoms with E-state index >= 15 is 0 Å². The predicted molar refractivity (Wildman–Crippen MR) is 84.4 cm³/mol. The molecule has 1 fully saturated rings. The summed E-state index contributed by atoms with van der Waals surface area (Å²) in [6, 6.07) is 3.25. The van der Waals surface area contributed by atoms with Gasteiger partial charge in [0.2, 0.25) is 10.0 Å². The van der Waals surface area contributed by atoms with Crippen molar-refractivity contribution in [2.24, 2.45) is 5.73 Å². The first-order chi connectivity index (χ1) is 11.0. The molecule has 0 saturated carbocycles. The van der Waals surface area contributed by atoms with E-state index in [9.17, 15) is 12.8 Å². The molecule has 2 N–H and O–H groups in total. The molecule has 0 amide bonds. The Morgan fingerprint density at radius 3 is 2.83 bits per heavy atom. The van der Waals surface area contributed by atoms with Crippen molar-refractivity contribution >= 4 is 10.0 Å². The van der Waals surface area contributed by atoms with Crippen LogP contribution in [0.15, 0.2) is 23.1 Å². The highest BCUT2D eigenvalue weighted by molar-refractivity contribution is 7.89. The highest BCUT2D eigenvalue weighted by Crippen LogP contribution is 2.31. The minimum absolute atomic E-state index is 0.129. The maximum atomic E-state index is 13.6. The standard InChI is InChI=1S/C15H23FN2O4S/c1-21-8-9-22-14-6-5-12(16)10-15(14)23(19,20)18-7-3-2-4-13(18)11-17/h5-6,10,13H,2-4,7-9,11,17H2,1H3. The number of hydrogen-bond donors (Lipinski definition) is 1. The van der Waals surface area contributed by atoms with Crippen LogP contribution < -0.4 is 10.5 Å². The van der Waals surface area contributed by atoms with Crippen LogP contribution in [-0.2, 0) is 14.8 Å². The molecule has 0 aliphatic carbocycles. The number of sulfonamides is 1. The van der Waals surface area contributed by atoms with Crippen molar-refractivity contribution < 1.29 is 22.3 Å². The molecule has 130 valence electrons. The van der Waals surface area contributed by atoms with E-state index in [-0.39, 0.29) is 29.8 Å². The molecule has 0 bridgehead atoms. The molecule has 1 atom stereocenters. The van der Waals surface area contributed by atoms with E-state index in [4.69, 9.17) is 15.2 Å². The largest absolute Gasteiger partial charge is 0.490 e. The van der Waals surface area contributed by atoms with Gasteiger partial charge in [0, 0.05) is 26.2 Å². The fraction of sp³-hybridized carbons (Fsp3) is 0.600. The number of nitrogens with zero attached hydrogens (tertiary/aromatic N) is 1. The van der Waals surface area contributed by atoms with Crippen LogP contribution in [-0.4, -0.2) is 52.2 Å². The second kappa shape index (κ2) is 8.05. The first kappa shape index (κ1) is 18.1. The molecule has 1 unspecified atom stereocenters. The average Bonchev–Trinajstić information content (AvgIpc) is 2.56. The van der Waals surface area contributed by atoms with Crippen molar-refractivity contribution in [3.8, 4) is 5.75 Å². The van der Waals surface area contributed by atoms with Crippen molar-refractivity contribution in [3.05, 3.63) is 24.0 Å². The van der Waals surface area contributed by atoms with Gasteiger partial charge in [-0.25, -0.2) is 12.8 Å². The molecule has 1 aliphatic heterocycles. The summed E-state index contributed by atoms with van der Waals surface area (Å²) in [7, 11) is -2.35. The van der Waals surface area contributed by atoms with Gasteiger partial charge < -0.3 is 15.2 Å². The Balaban J connectivity index is 2.35. The molecule has 1 aromatic carbocycles. The van der Waals surface area contributed by atoms with Gasteiger partial charge in [0.25, 0.3) is 0 Å². The van der Waals surface area contributed by atoms with Gasteiger partial charge in [-0.15, -0.1) is 0 Å². The predicted octanol–water partition coefficient (Wildman–Crippen LogP) is 1.35. The molecule has 0 spiro atoms. The number of hydrogen-bond acceptors (Lipinski definition) is 5. The Morgan fingerprint density at radius 1 is 1.35 bits per heavy atom. The molecule has 0 aromatic heterocycles. The molecular weight excluding hydrogens is 323 g/mol. The van der Waals surface area contributed by atoms with E-state index in [1.165, 1.54) is 23.5 Å². The number of benzene rings is 1. The average molecular weight is 346 g/mol. The van der Waals surface area contributed by atoms with Crippen molar-refractivity contribution in [1.82, 2.24) is 4.31 Å². The van der Waals surface area contributed by atoms with Crippen LogP contribution in [0, 0.1) is 5.82 Å². The summed E-state index contributed by atoms with van der Waals surface area (Å²) < 4.78 is 51.2. The number of piperidine rings is 1. The summed E-state index contributed by atoms with van der Waals surface area (Å²) in [4.78, 5) is -0.158. The molecular formula is C15H23FN2O4S. The van der Waals surface area contributed by atoms with E-state index in [0.717, 1.165) is 18.9 Å². The Bertz CT molecular complexity index is 624. The van der Waals surface area contributed by atoms with E-state index in [0.29, 0.717) is 19.6 Å². The summed E-state index contributed by atoms with van der Waals surface area (Å²) in [5.74, 6) is -0.492. The SMILES string of the molecule is COCCOc1ccc(F)cc1S(=O)(=O)N1CCCCC1CN. The van der Waals surface area contributed by atoms with Gasteiger partial charge in [0.15, 0.2) is 0 Å². The molecule has 23 heavy (non-hydrogen) atoms. The zero-order chi connectivity index (χ0) is 16.9. The van der Waals surface area contributed by atoms with Crippen LogP contribution in [0.1, 0.15) is 19.3 Å². The van der Waals surface area contributed by atoms with Gasteiger partial charge in [-0.05, 0) is 31.0 Å². The van der Waals surface area contributed by atoms with Gasteiger partial charge in [0.1, 0.15) is 23.1 Å². The third-order valence-corrected chi connectivity index (χ3v) is 5.86. The quantitative estimate of drug-likeness (QED) is 0.754. The van der Waals surface area contributed by atoms with Crippen molar-refractivity contribution in [3.63, 3.8) is 0 Å². The number of halogens is 1. The lowest BCUT2D eigenvalue weighted by atomic mass is 10.1. The zero-order valence-electron chi connectivity index (χ0n) is 13.2. The number of rotatable bonds is 7. The van der Waals surface area contributed by atoms with Crippen LogP contribution in [0.5, 0.6) is 5.75 Å². The zero-order valence-corrected chi connectivity index (χ0v) is 14.0. The van der Waals surface area contributed by atoms with Crippen LogP contribution in [0.3, 0.4) is 0 Å². The van der Waals surface area contributed by atoms with Crippen molar-refractivity contribution in [2.45, 2.75) is 30.2 Å². The Labute approximate surface area is 136 Å². The third kappa shape index (κ3) is 4.20. The number of nitrogens with two attached hydrogens (primary N) is 1. The molecule has 0 radical (unpaired) electrons. The van der Waals surface area contributed by atoms with E-state index in [2.05, 4.69) is 0 Å². The monoisotopic (exact) mass is 346 g/mol. The van der Waals surface area contributed by atoms with E-state index in [1.54, 1.807) is 0 Å². The highest BCUT2D eigenvalue weighted by Gasteiger charge is 2.34. The number of methoxy groups -OCH3 is 1. The summed E-state index contributed by atoms with van der Waals surface area (Å²) in [6.07, 6.45) is 2.42. The lowest BCUT2D eigenvalue weighted by Gasteiger charge is -2.34. The van der Waals surface area contributed by atoms with Gasteiger partial charge >= 0.3 is 0 Å². The van der Waals surface area contributed by atoms with E-state index < -0.39 is 15.8 Å². The van der Waals surface area contributed by atoms with Crippen LogP contribution in [0.2, 0.25) is 0 Å². The Kier molecular flexibility index (Phi) is 6.34. The fourth-order valence-corrected chi connectivity index (χ4v) is 4.54. The Morgan fingerprint density at radius 2 is 2.13 bits per heavy atom. The lowest BCUT2D eigenvalue weighted by molar-refractivity contribution is 0.144. The minimum atomic E-state index is -3.87. The normalized spacial score (nSPS) is 19.7. The molecule has 2 rings (SSSR count). The molecule has 1 heterocycles. The lowest BCUT2D eigenvalue weighted by Crippen LogP contribution is -2.47. The van der Waals surface area contributed by atoms with E-state index in [1.807, 2.05) is 0 Å². The van der Waals surface area contributed by atoms with Crippen LogP contribution >= 0.6 is 0 Å². The Hall–Kier alpha value is -1.22. The van der Waals surface area contributed by atoms with Crippen molar-refractivity contribution in [2.75, 3.05) is 33.4 Å². The molecule has 1 saturated heterocycles. The second-order valence-electron chi connectivity index (χ2n) is 5.43. The van der Waals surface area contributed by atoms with Crippen LogP contribution in [0.4, 0.5) is 4.39 Å². The minimum Gasteiger partial charge on any atom is -0.490 e. The molecule has 1 aromatic rings. The summed E-state index contributed by atoms with van der Waals surface area (Å²) in [6.45, 7) is 1.13. The summed E-state index contributed by atoms with van der Waals surface area (Å²) in [5.41, 5.74) is 5.71. The summed E-state index contributed by atoms with van der Waals surface area (Å²) >= 11 is 0. The maximum absolute atomic E-state index is 13.6. The van der Waals surface area contributed by atoms with Gasteiger partial charge in [0.05, 0.1) is 6.61 Å². The molecule has 6 nitrogen and oxygen atoms in total. The number of ether oxygens (including phenoxy) is 2. The van der Waals surface area contributed by atoms with Crippen LogP contribution in [0.25, 0.3) is 0 Å². The van der Waals surface area contributed by atoms with Gasteiger partial charge in [-0.2, -0.15) is 4.31 Å². The van der Waals surface area contributed by atoms with Gasteiger partial charge in [-0.3, -0.25) is 0 Å². The molecule has 1 aliphatic rings. The topological polar surface area (TPSA) is 81.9 Å².